The Bertz CT molecular complexity index is 1300. The third kappa shape index (κ3) is 4.12. The van der Waals surface area contributed by atoms with Gasteiger partial charge in [-0.25, -0.2) is 13.4 Å². The van der Waals surface area contributed by atoms with E-state index in [1.807, 2.05) is 55.5 Å². The van der Waals surface area contributed by atoms with Crippen LogP contribution in [-0.2, 0) is 23.1 Å². The summed E-state index contributed by atoms with van der Waals surface area (Å²) in [5, 5.41) is 0.588. The monoisotopic (exact) mass is 439 g/mol. The molecule has 0 N–H and O–H groups in total. The molecule has 7 heteroatoms. The quantitative estimate of drug-likeness (QED) is 0.430. The fourth-order valence-electron chi connectivity index (χ4n) is 3.50. The second-order valence-electron chi connectivity index (χ2n) is 7.27. The first-order valence-corrected chi connectivity index (χ1v) is 11.4. The van der Waals surface area contributed by atoms with Crippen LogP contribution in [0.5, 0.6) is 0 Å². The van der Waals surface area contributed by atoms with Gasteiger partial charge < -0.3 is 4.57 Å². The lowest BCUT2D eigenvalue weighted by atomic mass is 10.2. The molecule has 1 aromatic heterocycles. The van der Waals surface area contributed by atoms with Gasteiger partial charge in [-0.2, -0.15) is 4.31 Å². The summed E-state index contributed by atoms with van der Waals surface area (Å²) in [5.41, 5.74) is 3.87. The average Bonchev–Trinajstić information content (AvgIpc) is 3.03. The second-order valence-corrected chi connectivity index (χ2v) is 9.75. The smallest absolute Gasteiger partial charge is 0.243 e. The zero-order valence-electron chi connectivity index (χ0n) is 16.8. The number of hydrogen-bond acceptors (Lipinski definition) is 3. The zero-order chi connectivity index (χ0) is 21.3. The lowest BCUT2D eigenvalue weighted by Gasteiger charge is -2.18. The first kappa shape index (κ1) is 20.6. The van der Waals surface area contributed by atoms with Crippen molar-refractivity contribution in [3.8, 4) is 0 Å². The molecule has 5 nitrogen and oxygen atoms in total. The number of hydrogen-bond donors (Lipinski definition) is 0. The summed E-state index contributed by atoms with van der Waals surface area (Å²) in [6.07, 6.45) is 0. The number of sulfonamides is 1. The normalized spacial score (nSPS) is 12.0. The van der Waals surface area contributed by atoms with Crippen molar-refractivity contribution in [2.75, 3.05) is 7.05 Å². The highest BCUT2D eigenvalue weighted by Gasteiger charge is 2.21. The number of aryl methyl sites for hydroxylation is 1. The van der Waals surface area contributed by atoms with E-state index in [1.54, 1.807) is 31.3 Å². The van der Waals surface area contributed by atoms with Crippen molar-refractivity contribution in [3.05, 3.63) is 94.8 Å². The van der Waals surface area contributed by atoms with Gasteiger partial charge in [0, 0.05) is 25.2 Å². The maximum Gasteiger partial charge on any atom is 0.243 e. The summed E-state index contributed by atoms with van der Waals surface area (Å²) in [4.78, 5) is 4.85. The van der Waals surface area contributed by atoms with E-state index in [0.29, 0.717) is 11.6 Å². The fraction of sp³-hybridized carbons (Fsp3) is 0.174. The Balaban J connectivity index is 1.54. The molecule has 1 heterocycles. The summed E-state index contributed by atoms with van der Waals surface area (Å²) in [5.74, 6) is 0.925. The van der Waals surface area contributed by atoms with Gasteiger partial charge in [0.1, 0.15) is 5.82 Å². The summed E-state index contributed by atoms with van der Waals surface area (Å²) in [6, 6.07) is 22.2. The molecule has 0 spiro atoms. The predicted molar refractivity (Wildman–Crippen MR) is 120 cm³/mol. The van der Waals surface area contributed by atoms with E-state index in [4.69, 9.17) is 11.6 Å². The molecule has 0 fully saturated rings. The highest BCUT2D eigenvalue weighted by atomic mass is 35.5. The SMILES string of the molecule is Cc1nc2ccccc2n1Cc1ccc(S(=O)(=O)N(C)Cc2cccc(Cl)c2)cc1. The molecule has 0 radical (unpaired) electrons. The Kier molecular flexibility index (Phi) is 5.64. The van der Waals surface area contributed by atoms with Crippen molar-refractivity contribution < 1.29 is 8.42 Å². The topological polar surface area (TPSA) is 55.2 Å². The molecule has 154 valence electrons. The summed E-state index contributed by atoms with van der Waals surface area (Å²) in [6.45, 7) is 2.86. The van der Waals surface area contributed by atoms with Crippen molar-refractivity contribution in [1.82, 2.24) is 13.9 Å². The number of nitrogens with zero attached hydrogens (tertiary/aromatic N) is 3. The minimum absolute atomic E-state index is 0.255. The van der Waals surface area contributed by atoms with Gasteiger partial charge in [0.2, 0.25) is 10.0 Å². The van der Waals surface area contributed by atoms with E-state index in [0.717, 1.165) is 28.0 Å². The van der Waals surface area contributed by atoms with Crippen LogP contribution in [0.4, 0.5) is 0 Å². The zero-order valence-corrected chi connectivity index (χ0v) is 18.4. The molecule has 0 bridgehead atoms. The van der Waals surface area contributed by atoms with E-state index in [2.05, 4.69) is 9.55 Å². The van der Waals surface area contributed by atoms with E-state index in [9.17, 15) is 8.42 Å². The van der Waals surface area contributed by atoms with Crippen LogP contribution in [0.15, 0.2) is 77.7 Å². The van der Waals surface area contributed by atoms with Crippen LogP contribution in [0.1, 0.15) is 17.0 Å². The van der Waals surface area contributed by atoms with Crippen LogP contribution >= 0.6 is 11.6 Å². The number of rotatable bonds is 6. The number of imidazole rings is 1. The van der Waals surface area contributed by atoms with Crippen molar-refractivity contribution >= 4 is 32.7 Å². The van der Waals surface area contributed by atoms with Crippen LogP contribution in [-0.4, -0.2) is 29.3 Å². The maximum atomic E-state index is 13.0. The van der Waals surface area contributed by atoms with E-state index in [1.165, 1.54) is 4.31 Å². The van der Waals surface area contributed by atoms with Gasteiger partial charge in [-0.3, -0.25) is 0 Å². The summed E-state index contributed by atoms with van der Waals surface area (Å²) >= 11 is 6.01. The molecule has 0 atom stereocenters. The first-order chi connectivity index (χ1) is 14.3. The molecular formula is C23H22ClN3O2S. The minimum Gasteiger partial charge on any atom is -0.324 e. The Morgan fingerprint density at radius 3 is 2.43 bits per heavy atom. The van der Waals surface area contributed by atoms with Gasteiger partial charge in [-0.1, -0.05) is 48.0 Å². The number of benzene rings is 3. The van der Waals surface area contributed by atoms with Gasteiger partial charge in [0.15, 0.2) is 0 Å². The molecule has 0 unspecified atom stereocenters. The van der Waals surface area contributed by atoms with Crippen molar-refractivity contribution in [2.45, 2.75) is 24.9 Å². The molecule has 0 saturated heterocycles. The Labute approximate surface area is 181 Å². The third-order valence-corrected chi connectivity index (χ3v) is 7.16. The fourth-order valence-corrected chi connectivity index (χ4v) is 4.87. The molecule has 0 aliphatic carbocycles. The summed E-state index contributed by atoms with van der Waals surface area (Å²) in [7, 11) is -2.03. The average molecular weight is 440 g/mol. The Morgan fingerprint density at radius 2 is 1.70 bits per heavy atom. The lowest BCUT2D eigenvalue weighted by molar-refractivity contribution is 0.466. The third-order valence-electron chi connectivity index (χ3n) is 5.11. The van der Waals surface area contributed by atoms with Crippen LogP contribution in [0.2, 0.25) is 5.02 Å². The number of para-hydroxylation sites is 2. The summed E-state index contributed by atoms with van der Waals surface area (Å²) < 4.78 is 29.4. The lowest BCUT2D eigenvalue weighted by Crippen LogP contribution is -2.26. The molecule has 4 aromatic rings. The number of fused-ring (bicyclic) bond motifs is 1. The Hall–Kier alpha value is -2.67. The molecule has 3 aromatic carbocycles. The Morgan fingerprint density at radius 1 is 0.967 bits per heavy atom. The molecule has 0 aliphatic heterocycles. The minimum atomic E-state index is -3.60. The van der Waals surface area contributed by atoms with Crippen molar-refractivity contribution in [3.63, 3.8) is 0 Å². The van der Waals surface area contributed by atoms with Crippen LogP contribution in [0.3, 0.4) is 0 Å². The maximum absolute atomic E-state index is 13.0. The molecule has 0 aliphatic rings. The highest BCUT2D eigenvalue weighted by Crippen LogP contribution is 2.21. The second kappa shape index (κ2) is 8.22. The number of aromatic nitrogens is 2. The molecule has 30 heavy (non-hydrogen) atoms. The van der Waals surface area contributed by atoms with Crippen LogP contribution in [0.25, 0.3) is 11.0 Å². The molecule has 4 rings (SSSR count). The van der Waals surface area contributed by atoms with Gasteiger partial charge in [-0.05, 0) is 54.4 Å². The molecule has 0 saturated carbocycles. The van der Waals surface area contributed by atoms with Gasteiger partial charge in [0.25, 0.3) is 0 Å². The van der Waals surface area contributed by atoms with E-state index in [-0.39, 0.29) is 11.4 Å². The number of halogens is 1. The highest BCUT2D eigenvalue weighted by molar-refractivity contribution is 7.89. The standard InChI is InChI=1S/C23H22ClN3O2S/c1-17-25-22-8-3-4-9-23(22)27(17)16-18-10-12-21(13-11-18)30(28,29)26(2)15-19-6-5-7-20(24)14-19/h3-14H,15-16H2,1-2H3. The molecule has 0 amide bonds. The van der Waals surface area contributed by atoms with E-state index < -0.39 is 10.0 Å². The van der Waals surface area contributed by atoms with Crippen LogP contribution in [0, 0.1) is 6.92 Å². The first-order valence-electron chi connectivity index (χ1n) is 9.56. The largest absolute Gasteiger partial charge is 0.324 e. The van der Waals surface area contributed by atoms with E-state index >= 15 is 0 Å². The van der Waals surface area contributed by atoms with Gasteiger partial charge in [0.05, 0.1) is 15.9 Å². The van der Waals surface area contributed by atoms with Crippen LogP contribution < -0.4 is 0 Å². The predicted octanol–water partition coefficient (Wildman–Crippen LogP) is 4.87. The van der Waals surface area contributed by atoms with Gasteiger partial charge in [-0.15, -0.1) is 0 Å². The van der Waals surface area contributed by atoms with Crippen molar-refractivity contribution in [1.29, 1.82) is 0 Å². The molecular weight excluding hydrogens is 418 g/mol. The van der Waals surface area contributed by atoms with Crippen molar-refractivity contribution in [2.24, 2.45) is 0 Å². The van der Waals surface area contributed by atoms with Gasteiger partial charge >= 0.3 is 0 Å².